The van der Waals surface area contributed by atoms with Gasteiger partial charge in [-0.15, -0.1) is 0 Å². The van der Waals surface area contributed by atoms with Crippen LogP contribution in [0.3, 0.4) is 0 Å². The van der Waals surface area contributed by atoms with E-state index in [1.807, 2.05) is 25.7 Å². The fourth-order valence-corrected chi connectivity index (χ4v) is 1.36. The Morgan fingerprint density at radius 2 is 2.00 bits per heavy atom. The average Bonchev–Trinajstić information content (AvgIpc) is 2.05. The molecule has 0 aromatic rings. The summed E-state index contributed by atoms with van der Waals surface area (Å²) in [6, 6.07) is 0.284. The highest BCUT2D eigenvalue weighted by molar-refractivity contribution is 5.76. The van der Waals surface area contributed by atoms with Crippen LogP contribution in [-0.4, -0.2) is 35.1 Å². The number of aliphatic hydroxyl groups is 1. The molecule has 0 aromatic carbocycles. The van der Waals surface area contributed by atoms with Gasteiger partial charge in [0.05, 0.1) is 0 Å². The smallest absolute Gasteiger partial charge is 0.222 e. The summed E-state index contributed by atoms with van der Waals surface area (Å²) < 4.78 is 0. The molecule has 0 bridgehead atoms. The van der Waals surface area contributed by atoms with Crippen molar-refractivity contribution in [2.45, 2.75) is 46.1 Å². The molecule has 13 heavy (non-hydrogen) atoms. The lowest BCUT2D eigenvalue weighted by atomic mass is 10.2. The minimum absolute atomic E-state index is 0.182. The molecule has 3 nitrogen and oxygen atoms in total. The van der Waals surface area contributed by atoms with E-state index in [0.29, 0.717) is 6.42 Å². The lowest BCUT2D eigenvalue weighted by Gasteiger charge is -2.25. The summed E-state index contributed by atoms with van der Waals surface area (Å²) in [5, 5.41) is 8.56. The van der Waals surface area contributed by atoms with E-state index in [0.717, 1.165) is 19.4 Å². The van der Waals surface area contributed by atoms with Gasteiger partial charge < -0.3 is 10.0 Å². The van der Waals surface area contributed by atoms with Gasteiger partial charge in [0.2, 0.25) is 5.91 Å². The van der Waals surface area contributed by atoms with E-state index in [9.17, 15) is 4.79 Å². The number of hydrogen-bond donors (Lipinski definition) is 1. The first-order valence-electron chi connectivity index (χ1n) is 5.03. The number of carbonyl (C=O) groups excluding carboxylic acids is 1. The minimum Gasteiger partial charge on any atom is -0.396 e. The second-order valence-electron chi connectivity index (χ2n) is 3.45. The third-order valence-electron chi connectivity index (χ3n) is 2.08. The number of unbranched alkanes of at least 4 members (excludes halogenated alkanes) is 1. The van der Waals surface area contributed by atoms with Crippen LogP contribution in [-0.2, 0) is 4.79 Å². The molecule has 0 heterocycles. The standard InChI is InChI=1S/C10H21NO2/c1-4-11(9(2)3)10(13)7-5-6-8-12/h9,12H,4-8H2,1-3H3. The molecule has 0 unspecified atom stereocenters. The van der Waals surface area contributed by atoms with Gasteiger partial charge in [-0.1, -0.05) is 0 Å². The second-order valence-corrected chi connectivity index (χ2v) is 3.45. The molecule has 0 aliphatic heterocycles. The molecule has 0 aliphatic carbocycles. The number of hydrogen-bond acceptors (Lipinski definition) is 2. The Morgan fingerprint density at radius 1 is 1.38 bits per heavy atom. The van der Waals surface area contributed by atoms with Crippen molar-refractivity contribution < 1.29 is 9.90 Å². The maximum Gasteiger partial charge on any atom is 0.222 e. The summed E-state index contributed by atoms with van der Waals surface area (Å²) in [6.45, 7) is 6.99. The summed E-state index contributed by atoms with van der Waals surface area (Å²) in [4.78, 5) is 13.4. The third-order valence-corrected chi connectivity index (χ3v) is 2.08. The summed E-state index contributed by atoms with van der Waals surface area (Å²) >= 11 is 0. The van der Waals surface area contributed by atoms with Crippen LogP contribution in [0.5, 0.6) is 0 Å². The lowest BCUT2D eigenvalue weighted by Crippen LogP contribution is -2.36. The Bertz CT molecular complexity index is 146. The van der Waals surface area contributed by atoms with E-state index in [-0.39, 0.29) is 18.6 Å². The molecule has 78 valence electrons. The Labute approximate surface area is 80.7 Å². The van der Waals surface area contributed by atoms with Gasteiger partial charge in [0, 0.05) is 25.6 Å². The van der Waals surface area contributed by atoms with Gasteiger partial charge >= 0.3 is 0 Å². The number of amides is 1. The molecule has 0 aromatic heterocycles. The highest BCUT2D eigenvalue weighted by atomic mass is 16.3. The third kappa shape index (κ3) is 4.88. The van der Waals surface area contributed by atoms with E-state index >= 15 is 0 Å². The van der Waals surface area contributed by atoms with Gasteiger partial charge in [-0.2, -0.15) is 0 Å². The van der Waals surface area contributed by atoms with Crippen molar-refractivity contribution >= 4 is 5.91 Å². The van der Waals surface area contributed by atoms with E-state index in [1.165, 1.54) is 0 Å². The van der Waals surface area contributed by atoms with Crippen LogP contribution >= 0.6 is 0 Å². The maximum absolute atomic E-state index is 11.5. The molecular formula is C10H21NO2. The van der Waals surface area contributed by atoms with Crippen molar-refractivity contribution in [3.8, 4) is 0 Å². The van der Waals surface area contributed by atoms with E-state index in [4.69, 9.17) is 5.11 Å². The largest absolute Gasteiger partial charge is 0.396 e. The molecule has 0 radical (unpaired) electrons. The maximum atomic E-state index is 11.5. The van der Waals surface area contributed by atoms with E-state index in [2.05, 4.69) is 0 Å². The molecule has 3 heteroatoms. The van der Waals surface area contributed by atoms with Crippen LogP contribution in [0, 0.1) is 0 Å². The first-order valence-corrected chi connectivity index (χ1v) is 5.03. The zero-order valence-electron chi connectivity index (χ0n) is 8.92. The molecule has 0 saturated heterocycles. The molecule has 1 amide bonds. The number of carbonyl (C=O) groups is 1. The number of aliphatic hydroxyl groups excluding tert-OH is 1. The van der Waals surface area contributed by atoms with Crippen LogP contribution in [0.25, 0.3) is 0 Å². The summed E-state index contributed by atoms with van der Waals surface area (Å²) in [6.07, 6.45) is 2.08. The molecule has 0 rings (SSSR count). The zero-order chi connectivity index (χ0) is 10.3. The lowest BCUT2D eigenvalue weighted by molar-refractivity contribution is -0.132. The predicted octanol–water partition coefficient (Wildman–Crippen LogP) is 1.41. The van der Waals surface area contributed by atoms with Crippen molar-refractivity contribution in [2.75, 3.05) is 13.2 Å². The Kier molecular flexibility index (Phi) is 6.59. The first kappa shape index (κ1) is 12.4. The Hall–Kier alpha value is -0.570. The molecule has 0 spiro atoms. The van der Waals surface area contributed by atoms with Crippen LogP contribution < -0.4 is 0 Å². The van der Waals surface area contributed by atoms with Crippen molar-refractivity contribution in [1.29, 1.82) is 0 Å². The van der Waals surface area contributed by atoms with Crippen LogP contribution in [0.4, 0.5) is 0 Å². The highest BCUT2D eigenvalue weighted by Crippen LogP contribution is 2.04. The predicted molar refractivity (Wildman–Crippen MR) is 53.5 cm³/mol. The second kappa shape index (κ2) is 6.89. The van der Waals surface area contributed by atoms with Gasteiger partial charge in [-0.05, 0) is 33.6 Å². The fraction of sp³-hybridized carbons (Fsp3) is 0.900. The van der Waals surface area contributed by atoms with Crippen LogP contribution in [0.2, 0.25) is 0 Å². The van der Waals surface area contributed by atoms with Gasteiger partial charge in [0.15, 0.2) is 0 Å². The number of nitrogens with zero attached hydrogens (tertiary/aromatic N) is 1. The van der Waals surface area contributed by atoms with Crippen molar-refractivity contribution in [1.82, 2.24) is 4.90 Å². The molecule has 0 saturated carbocycles. The molecule has 0 aliphatic rings. The zero-order valence-corrected chi connectivity index (χ0v) is 8.92. The normalized spacial score (nSPS) is 10.5. The number of rotatable bonds is 6. The van der Waals surface area contributed by atoms with Crippen molar-refractivity contribution in [3.05, 3.63) is 0 Å². The monoisotopic (exact) mass is 187 g/mol. The van der Waals surface area contributed by atoms with Crippen molar-refractivity contribution in [2.24, 2.45) is 0 Å². The topological polar surface area (TPSA) is 40.5 Å². The van der Waals surface area contributed by atoms with Crippen molar-refractivity contribution in [3.63, 3.8) is 0 Å². The fourth-order valence-electron chi connectivity index (χ4n) is 1.36. The van der Waals surface area contributed by atoms with E-state index in [1.54, 1.807) is 0 Å². The Balaban J connectivity index is 3.78. The van der Waals surface area contributed by atoms with Gasteiger partial charge in [-0.25, -0.2) is 0 Å². The minimum atomic E-state index is 0.182. The van der Waals surface area contributed by atoms with Gasteiger partial charge in [0.1, 0.15) is 0 Å². The molecule has 0 fully saturated rings. The van der Waals surface area contributed by atoms with Crippen LogP contribution in [0.15, 0.2) is 0 Å². The molecular weight excluding hydrogens is 166 g/mol. The summed E-state index contributed by atoms with van der Waals surface area (Å²) in [5.74, 6) is 0.200. The highest BCUT2D eigenvalue weighted by Gasteiger charge is 2.13. The van der Waals surface area contributed by atoms with Crippen LogP contribution in [0.1, 0.15) is 40.0 Å². The molecule has 0 atom stereocenters. The SMILES string of the molecule is CCN(C(=O)CCCCO)C(C)C. The first-order chi connectivity index (χ1) is 6.13. The summed E-state index contributed by atoms with van der Waals surface area (Å²) in [7, 11) is 0. The summed E-state index contributed by atoms with van der Waals surface area (Å²) in [5.41, 5.74) is 0. The molecule has 1 N–H and O–H groups in total. The van der Waals surface area contributed by atoms with Gasteiger partial charge in [-0.3, -0.25) is 4.79 Å². The Morgan fingerprint density at radius 3 is 2.38 bits per heavy atom. The van der Waals surface area contributed by atoms with Gasteiger partial charge in [0.25, 0.3) is 0 Å². The van der Waals surface area contributed by atoms with E-state index < -0.39 is 0 Å². The average molecular weight is 187 g/mol. The quantitative estimate of drug-likeness (QED) is 0.639.